The van der Waals surface area contributed by atoms with Gasteiger partial charge in [0.1, 0.15) is 5.82 Å². The summed E-state index contributed by atoms with van der Waals surface area (Å²) in [6.45, 7) is 2.75. The number of benzene rings is 1. The van der Waals surface area contributed by atoms with E-state index in [4.69, 9.17) is 4.98 Å². The van der Waals surface area contributed by atoms with Crippen molar-refractivity contribution in [2.45, 2.75) is 25.3 Å². The van der Waals surface area contributed by atoms with Crippen LogP contribution in [0.2, 0.25) is 0 Å². The summed E-state index contributed by atoms with van der Waals surface area (Å²) in [7, 11) is 0. The van der Waals surface area contributed by atoms with Crippen LogP contribution in [0.3, 0.4) is 0 Å². The third-order valence-electron chi connectivity index (χ3n) is 5.46. The zero-order valence-electron chi connectivity index (χ0n) is 15.1. The van der Waals surface area contributed by atoms with Gasteiger partial charge in [-0.25, -0.2) is 4.98 Å². The van der Waals surface area contributed by atoms with Gasteiger partial charge in [-0.05, 0) is 37.6 Å². The molecule has 1 fully saturated rings. The molecular formula is C21H23N5O. The van der Waals surface area contributed by atoms with E-state index < -0.39 is 0 Å². The first kappa shape index (κ1) is 16.3. The lowest BCUT2D eigenvalue weighted by atomic mass is 10.1. The Morgan fingerprint density at radius 3 is 2.93 bits per heavy atom. The third kappa shape index (κ3) is 3.06. The van der Waals surface area contributed by atoms with Gasteiger partial charge in [0.25, 0.3) is 5.91 Å². The Balaban J connectivity index is 1.54. The molecule has 2 aliphatic rings. The van der Waals surface area contributed by atoms with Crippen molar-refractivity contribution in [3.8, 4) is 11.3 Å². The Kier molecular flexibility index (Phi) is 4.05. The van der Waals surface area contributed by atoms with Crippen molar-refractivity contribution in [1.29, 1.82) is 0 Å². The Morgan fingerprint density at radius 1 is 1.11 bits per heavy atom. The third-order valence-corrected chi connectivity index (χ3v) is 5.46. The van der Waals surface area contributed by atoms with Gasteiger partial charge in [0.15, 0.2) is 0 Å². The molecule has 1 aromatic carbocycles. The number of pyridine rings is 1. The van der Waals surface area contributed by atoms with E-state index in [1.54, 1.807) is 0 Å². The Labute approximate surface area is 157 Å². The Hall–Kier alpha value is -2.86. The van der Waals surface area contributed by atoms with E-state index in [1.165, 1.54) is 6.42 Å². The number of carbonyl (C=O) groups is 1. The molecule has 2 aromatic heterocycles. The molecule has 6 heteroatoms. The molecule has 5 rings (SSSR count). The Morgan fingerprint density at radius 2 is 2.07 bits per heavy atom. The molecule has 27 heavy (non-hydrogen) atoms. The van der Waals surface area contributed by atoms with E-state index >= 15 is 0 Å². The van der Waals surface area contributed by atoms with Gasteiger partial charge in [-0.1, -0.05) is 18.2 Å². The van der Waals surface area contributed by atoms with Crippen molar-refractivity contribution < 1.29 is 4.79 Å². The van der Waals surface area contributed by atoms with Gasteiger partial charge in [-0.2, -0.15) is 0 Å². The molecule has 0 saturated carbocycles. The first-order chi connectivity index (χ1) is 13.3. The van der Waals surface area contributed by atoms with Gasteiger partial charge in [-0.15, -0.1) is 0 Å². The van der Waals surface area contributed by atoms with Crippen LogP contribution in [0, 0.1) is 0 Å². The molecule has 4 heterocycles. The van der Waals surface area contributed by atoms with Crippen LogP contribution in [-0.4, -0.2) is 41.6 Å². The van der Waals surface area contributed by atoms with Crippen LogP contribution in [0.4, 0.5) is 5.82 Å². The number of piperidine rings is 1. The van der Waals surface area contributed by atoms with Gasteiger partial charge < -0.3 is 20.9 Å². The quantitative estimate of drug-likeness (QED) is 0.578. The van der Waals surface area contributed by atoms with Crippen molar-refractivity contribution in [3.63, 3.8) is 0 Å². The zero-order chi connectivity index (χ0) is 18.2. The standard InChI is InChI=1S/C21H23N5O/c27-21-16-11-18(25-17(16)8-10-23-21)15-5-1-3-13-6-7-19(26-20(13)15)24-14-4-2-9-22-12-14/h1,3,5-7,11,14,22,25H,2,4,8-10,12H2,(H,23,27)(H,24,26)/t14-/m1/s1. The van der Waals surface area contributed by atoms with E-state index in [-0.39, 0.29) is 5.91 Å². The molecule has 1 amide bonds. The topological polar surface area (TPSA) is 81.8 Å². The number of nitrogens with one attached hydrogen (secondary N) is 4. The van der Waals surface area contributed by atoms with E-state index in [1.807, 2.05) is 18.2 Å². The zero-order valence-corrected chi connectivity index (χ0v) is 15.1. The van der Waals surface area contributed by atoms with Crippen LogP contribution in [0.5, 0.6) is 0 Å². The smallest absolute Gasteiger partial charge is 0.253 e. The number of H-pyrrole nitrogens is 1. The number of rotatable bonds is 3. The van der Waals surface area contributed by atoms with Gasteiger partial charge >= 0.3 is 0 Å². The maximum atomic E-state index is 12.1. The van der Waals surface area contributed by atoms with Crippen LogP contribution >= 0.6 is 0 Å². The number of amides is 1. The average molecular weight is 361 g/mol. The summed E-state index contributed by atoms with van der Waals surface area (Å²) >= 11 is 0. The fourth-order valence-corrected chi connectivity index (χ4v) is 4.07. The molecule has 6 nitrogen and oxygen atoms in total. The van der Waals surface area contributed by atoms with Crippen molar-refractivity contribution >= 4 is 22.6 Å². The first-order valence-corrected chi connectivity index (χ1v) is 9.65. The minimum atomic E-state index is -0.000833. The number of aromatic nitrogens is 2. The summed E-state index contributed by atoms with van der Waals surface area (Å²) < 4.78 is 0. The minimum absolute atomic E-state index is 0.000833. The number of carbonyl (C=O) groups excluding carboxylic acids is 1. The highest BCUT2D eigenvalue weighted by molar-refractivity contribution is 6.00. The van der Waals surface area contributed by atoms with Gasteiger partial charge in [0.05, 0.1) is 11.1 Å². The van der Waals surface area contributed by atoms with Crippen LogP contribution in [0.1, 0.15) is 28.9 Å². The van der Waals surface area contributed by atoms with Gasteiger partial charge in [-0.3, -0.25) is 4.79 Å². The number of hydrogen-bond acceptors (Lipinski definition) is 4. The lowest BCUT2D eigenvalue weighted by Gasteiger charge is -2.24. The second-order valence-corrected chi connectivity index (χ2v) is 7.34. The predicted molar refractivity (Wildman–Crippen MR) is 107 cm³/mol. The van der Waals surface area contributed by atoms with Gasteiger partial charge in [0, 0.05) is 47.9 Å². The highest BCUT2D eigenvalue weighted by Crippen LogP contribution is 2.30. The monoisotopic (exact) mass is 361 g/mol. The summed E-state index contributed by atoms with van der Waals surface area (Å²) in [5.74, 6) is 0.900. The molecular weight excluding hydrogens is 338 g/mol. The van der Waals surface area contributed by atoms with Crippen LogP contribution in [0.15, 0.2) is 36.4 Å². The van der Waals surface area contributed by atoms with Crippen molar-refractivity contribution in [3.05, 3.63) is 47.7 Å². The van der Waals surface area contributed by atoms with Crippen LogP contribution in [0.25, 0.3) is 22.2 Å². The maximum absolute atomic E-state index is 12.1. The number of aromatic amines is 1. The van der Waals surface area contributed by atoms with E-state index in [0.29, 0.717) is 12.6 Å². The molecule has 138 valence electrons. The number of nitrogens with zero attached hydrogens (tertiary/aromatic N) is 1. The fraction of sp³-hybridized carbons (Fsp3) is 0.333. The highest BCUT2D eigenvalue weighted by Gasteiger charge is 2.21. The average Bonchev–Trinajstić information content (AvgIpc) is 3.14. The molecule has 2 aliphatic heterocycles. The summed E-state index contributed by atoms with van der Waals surface area (Å²) in [5.41, 5.74) is 4.68. The fourth-order valence-electron chi connectivity index (χ4n) is 4.07. The van der Waals surface area contributed by atoms with E-state index in [9.17, 15) is 4.79 Å². The van der Waals surface area contributed by atoms with Crippen molar-refractivity contribution in [2.24, 2.45) is 0 Å². The molecule has 1 saturated heterocycles. The minimum Gasteiger partial charge on any atom is -0.366 e. The first-order valence-electron chi connectivity index (χ1n) is 9.65. The van der Waals surface area contributed by atoms with Crippen LogP contribution in [-0.2, 0) is 6.42 Å². The van der Waals surface area contributed by atoms with Crippen molar-refractivity contribution in [1.82, 2.24) is 20.6 Å². The van der Waals surface area contributed by atoms with E-state index in [0.717, 1.165) is 65.2 Å². The second-order valence-electron chi connectivity index (χ2n) is 7.34. The molecule has 0 bridgehead atoms. The number of para-hydroxylation sites is 1. The second kappa shape index (κ2) is 6.70. The van der Waals surface area contributed by atoms with Gasteiger partial charge in [0.2, 0.25) is 0 Å². The van der Waals surface area contributed by atoms with Crippen LogP contribution < -0.4 is 16.0 Å². The number of hydrogen-bond donors (Lipinski definition) is 4. The lowest BCUT2D eigenvalue weighted by molar-refractivity contribution is 0.0946. The number of fused-ring (bicyclic) bond motifs is 2. The molecule has 0 spiro atoms. The molecule has 0 aliphatic carbocycles. The molecule has 1 atom stereocenters. The van der Waals surface area contributed by atoms with Crippen molar-refractivity contribution in [2.75, 3.05) is 25.0 Å². The number of anilines is 1. The molecule has 0 unspecified atom stereocenters. The predicted octanol–water partition coefficient (Wildman–Crippen LogP) is 2.68. The maximum Gasteiger partial charge on any atom is 0.253 e. The Bertz CT molecular complexity index is 1000. The van der Waals surface area contributed by atoms with E-state index in [2.05, 4.69) is 39.1 Å². The normalized spacial score (nSPS) is 19.6. The highest BCUT2D eigenvalue weighted by atomic mass is 16.1. The summed E-state index contributed by atoms with van der Waals surface area (Å²) in [4.78, 5) is 20.5. The molecule has 3 aromatic rings. The summed E-state index contributed by atoms with van der Waals surface area (Å²) in [6, 6.07) is 12.7. The largest absolute Gasteiger partial charge is 0.366 e. The lowest BCUT2D eigenvalue weighted by Crippen LogP contribution is -2.38. The molecule has 0 radical (unpaired) electrons. The SMILES string of the molecule is O=C1NCCc2[nH]c(-c3cccc4ccc(N[C@@H]5CCCNC5)nc34)cc21. The molecule has 4 N–H and O–H groups in total. The summed E-state index contributed by atoms with van der Waals surface area (Å²) in [5, 5.41) is 11.0. The summed E-state index contributed by atoms with van der Waals surface area (Å²) in [6.07, 6.45) is 3.18.